The summed E-state index contributed by atoms with van der Waals surface area (Å²) in [6, 6.07) is 9.81. The Morgan fingerprint density at radius 1 is 1.15 bits per heavy atom. The van der Waals surface area contributed by atoms with Gasteiger partial charge in [-0.1, -0.05) is 28.1 Å². The maximum absolute atomic E-state index is 5.64. The molecule has 3 aromatic rings. The molecular formula is C20H20BrN3O2. The van der Waals surface area contributed by atoms with Crippen molar-refractivity contribution in [2.45, 2.75) is 13.3 Å². The van der Waals surface area contributed by atoms with Crippen molar-refractivity contribution in [2.75, 3.05) is 7.11 Å². The van der Waals surface area contributed by atoms with E-state index < -0.39 is 0 Å². The van der Waals surface area contributed by atoms with E-state index in [1.807, 2.05) is 43.3 Å². The molecule has 2 heterocycles. The molecule has 2 aromatic heterocycles. The van der Waals surface area contributed by atoms with Crippen LogP contribution in [0.15, 0.2) is 58.6 Å². The molecular weight excluding hydrogens is 394 g/mol. The first kappa shape index (κ1) is 19.6. The summed E-state index contributed by atoms with van der Waals surface area (Å²) in [4.78, 5) is 4.28. The predicted octanol–water partition coefficient (Wildman–Crippen LogP) is 5.11. The summed E-state index contributed by atoms with van der Waals surface area (Å²) < 4.78 is 12.0. The van der Waals surface area contributed by atoms with Gasteiger partial charge in [-0.3, -0.25) is 4.98 Å². The SMILES string of the molecule is C=C.COc1cc(C)ccc1/C=C/c1nnc(Cc2cc(Br)ccn2)o1. The first-order valence-corrected chi connectivity index (χ1v) is 8.69. The standard InChI is InChI=1S/C18H16BrN3O2.C2H4/c1-12-3-4-13(16(9-12)23-2)5-6-17-21-22-18(24-17)11-15-10-14(19)7-8-20-15;1-2/h3-10H,11H2,1-2H3;1-2H2/b6-5+;. The number of rotatable bonds is 5. The molecule has 5 nitrogen and oxygen atoms in total. The van der Waals surface area contributed by atoms with E-state index in [1.165, 1.54) is 0 Å². The monoisotopic (exact) mass is 413 g/mol. The first-order valence-electron chi connectivity index (χ1n) is 7.89. The summed E-state index contributed by atoms with van der Waals surface area (Å²) in [5, 5.41) is 8.09. The second-order valence-corrected chi connectivity index (χ2v) is 6.17. The van der Waals surface area contributed by atoms with Crippen LogP contribution < -0.4 is 4.74 Å². The molecule has 0 aliphatic carbocycles. The van der Waals surface area contributed by atoms with E-state index in [0.717, 1.165) is 27.0 Å². The second kappa shape index (κ2) is 9.68. The maximum atomic E-state index is 5.64. The van der Waals surface area contributed by atoms with Crippen LogP contribution in [0.3, 0.4) is 0 Å². The van der Waals surface area contributed by atoms with Gasteiger partial charge in [0.15, 0.2) is 0 Å². The minimum Gasteiger partial charge on any atom is -0.496 e. The first-order chi connectivity index (χ1) is 12.6. The molecule has 0 saturated heterocycles. The van der Waals surface area contributed by atoms with Crippen LogP contribution in [0.1, 0.15) is 28.6 Å². The number of halogens is 1. The molecule has 0 amide bonds. The third-order valence-corrected chi connectivity index (χ3v) is 3.88. The van der Waals surface area contributed by atoms with Gasteiger partial charge in [-0.05, 0) is 36.8 Å². The van der Waals surface area contributed by atoms with Gasteiger partial charge in [0.05, 0.1) is 19.2 Å². The zero-order valence-corrected chi connectivity index (χ0v) is 16.4. The van der Waals surface area contributed by atoms with E-state index in [0.29, 0.717) is 18.2 Å². The summed E-state index contributed by atoms with van der Waals surface area (Å²) >= 11 is 3.42. The average Bonchev–Trinajstić information content (AvgIpc) is 3.09. The lowest BCUT2D eigenvalue weighted by Crippen LogP contribution is -1.91. The van der Waals surface area contributed by atoms with Crippen LogP contribution in [-0.4, -0.2) is 22.3 Å². The second-order valence-electron chi connectivity index (χ2n) is 5.25. The van der Waals surface area contributed by atoms with Crippen molar-refractivity contribution in [3.05, 3.63) is 82.8 Å². The van der Waals surface area contributed by atoms with Crippen LogP contribution in [0.4, 0.5) is 0 Å². The Morgan fingerprint density at radius 3 is 2.69 bits per heavy atom. The molecule has 0 unspecified atom stereocenters. The van der Waals surface area contributed by atoms with E-state index >= 15 is 0 Å². The molecule has 0 N–H and O–H groups in total. The fourth-order valence-corrected chi connectivity index (χ4v) is 2.61. The van der Waals surface area contributed by atoms with Gasteiger partial charge in [-0.25, -0.2) is 0 Å². The summed E-state index contributed by atoms with van der Waals surface area (Å²) in [7, 11) is 1.65. The molecule has 0 radical (unpaired) electrons. The van der Waals surface area contributed by atoms with Crippen LogP contribution >= 0.6 is 15.9 Å². The number of aryl methyl sites for hydroxylation is 1. The smallest absolute Gasteiger partial charge is 0.240 e. The van der Waals surface area contributed by atoms with Crippen molar-refractivity contribution in [2.24, 2.45) is 0 Å². The number of ether oxygens (including phenoxy) is 1. The third kappa shape index (κ3) is 5.39. The lowest BCUT2D eigenvalue weighted by Gasteiger charge is -2.05. The predicted molar refractivity (Wildman–Crippen MR) is 107 cm³/mol. The van der Waals surface area contributed by atoms with E-state index in [1.54, 1.807) is 19.4 Å². The van der Waals surface area contributed by atoms with Gasteiger partial charge in [0.2, 0.25) is 11.8 Å². The minimum atomic E-state index is 0.447. The van der Waals surface area contributed by atoms with E-state index in [-0.39, 0.29) is 0 Å². The number of methoxy groups -OCH3 is 1. The molecule has 0 saturated carbocycles. The number of nitrogens with zero attached hydrogens (tertiary/aromatic N) is 3. The molecule has 1 aromatic carbocycles. The number of hydrogen-bond acceptors (Lipinski definition) is 5. The van der Waals surface area contributed by atoms with Gasteiger partial charge >= 0.3 is 0 Å². The van der Waals surface area contributed by atoms with Gasteiger partial charge in [0, 0.05) is 22.3 Å². The van der Waals surface area contributed by atoms with E-state index in [4.69, 9.17) is 9.15 Å². The highest BCUT2D eigenvalue weighted by atomic mass is 79.9. The number of benzene rings is 1. The summed E-state index contributed by atoms with van der Waals surface area (Å²) in [6.07, 6.45) is 5.90. The van der Waals surface area contributed by atoms with Crippen molar-refractivity contribution in [3.8, 4) is 5.75 Å². The molecule has 6 heteroatoms. The van der Waals surface area contributed by atoms with Gasteiger partial charge in [0.1, 0.15) is 5.75 Å². The highest BCUT2D eigenvalue weighted by molar-refractivity contribution is 9.10. The fraction of sp³-hybridized carbons (Fsp3) is 0.150. The Hall–Kier alpha value is -2.73. The molecule has 0 bridgehead atoms. The van der Waals surface area contributed by atoms with E-state index in [2.05, 4.69) is 44.3 Å². The largest absolute Gasteiger partial charge is 0.496 e. The Morgan fingerprint density at radius 2 is 1.96 bits per heavy atom. The zero-order valence-electron chi connectivity index (χ0n) is 14.8. The van der Waals surface area contributed by atoms with Crippen molar-refractivity contribution >= 4 is 28.1 Å². The van der Waals surface area contributed by atoms with Crippen LogP contribution in [0.5, 0.6) is 5.75 Å². The van der Waals surface area contributed by atoms with Gasteiger partial charge in [-0.15, -0.1) is 23.4 Å². The maximum Gasteiger partial charge on any atom is 0.240 e. The number of pyridine rings is 1. The number of hydrogen-bond donors (Lipinski definition) is 0. The highest BCUT2D eigenvalue weighted by Gasteiger charge is 2.07. The topological polar surface area (TPSA) is 61.0 Å². The molecule has 0 fully saturated rings. The van der Waals surface area contributed by atoms with Crippen LogP contribution in [0.25, 0.3) is 12.2 Å². The van der Waals surface area contributed by atoms with Crippen molar-refractivity contribution in [3.63, 3.8) is 0 Å². The fourth-order valence-electron chi connectivity index (χ4n) is 2.22. The molecule has 0 aliphatic heterocycles. The van der Waals surface area contributed by atoms with Crippen LogP contribution in [-0.2, 0) is 6.42 Å². The molecule has 0 aliphatic rings. The lowest BCUT2D eigenvalue weighted by molar-refractivity contribution is 0.413. The Kier molecular flexibility index (Phi) is 7.29. The van der Waals surface area contributed by atoms with Crippen LogP contribution in [0.2, 0.25) is 0 Å². The normalized spacial score (nSPS) is 10.4. The molecule has 3 rings (SSSR count). The Bertz CT molecular complexity index is 890. The minimum absolute atomic E-state index is 0.447. The van der Waals surface area contributed by atoms with Crippen molar-refractivity contribution in [1.29, 1.82) is 0 Å². The summed E-state index contributed by atoms with van der Waals surface area (Å²) in [6.45, 7) is 8.02. The summed E-state index contributed by atoms with van der Waals surface area (Å²) in [5.41, 5.74) is 2.96. The molecule has 0 atom stereocenters. The van der Waals surface area contributed by atoms with Gasteiger partial charge < -0.3 is 9.15 Å². The lowest BCUT2D eigenvalue weighted by atomic mass is 10.1. The van der Waals surface area contributed by atoms with E-state index in [9.17, 15) is 0 Å². The number of aromatic nitrogens is 3. The summed E-state index contributed by atoms with van der Waals surface area (Å²) in [5.74, 6) is 1.78. The molecule has 26 heavy (non-hydrogen) atoms. The van der Waals surface area contributed by atoms with Crippen molar-refractivity contribution < 1.29 is 9.15 Å². The molecule has 134 valence electrons. The molecule has 0 spiro atoms. The zero-order chi connectivity index (χ0) is 18.9. The van der Waals surface area contributed by atoms with Gasteiger partial charge in [0.25, 0.3) is 0 Å². The quantitative estimate of drug-likeness (QED) is 0.543. The Balaban J connectivity index is 0.00000117. The highest BCUT2D eigenvalue weighted by Crippen LogP contribution is 2.22. The van der Waals surface area contributed by atoms with Crippen LogP contribution in [0, 0.1) is 6.92 Å². The van der Waals surface area contributed by atoms with Crippen molar-refractivity contribution in [1.82, 2.24) is 15.2 Å². The third-order valence-electron chi connectivity index (χ3n) is 3.39. The Labute approximate surface area is 161 Å². The average molecular weight is 414 g/mol. The van der Waals surface area contributed by atoms with Gasteiger partial charge in [-0.2, -0.15) is 0 Å².